The largest absolute Gasteiger partial charge is 0.489 e. The maximum Gasteiger partial charge on any atom is 0.226 e. The molecule has 7 heteroatoms. The van der Waals surface area contributed by atoms with Crippen molar-refractivity contribution < 1.29 is 19.0 Å². The first-order valence-electron chi connectivity index (χ1n) is 8.35. The summed E-state index contributed by atoms with van der Waals surface area (Å²) >= 11 is 6.06. The molecule has 6 nitrogen and oxygen atoms in total. The molecule has 132 valence electrons. The topological polar surface area (TPSA) is 68.8 Å². The van der Waals surface area contributed by atoms with Gasteiger partial charge < -0.3 is 24.8 Å². The zero-order valence-electron chi connectivity index (χ0n) is 13.6. The maximum atomic E-state index is 12.3. The number of anilines is 1. The summed E-state index contributed by atoms with van der Waals surface area (Å²) in [5.41, 5.74) is 0.585. The van der Waals surface area contributed by atoms with Gasteiger partial charge >= 0.3 is 0 Å². The molecular formula is C17H23ClN2O4. The molecule has 2 aliphatic heterocycles. The average Bonchev–Trinajstić information content (AvgIpc) is 3.08. The van der Waals surface area contributed by atoms with Gasteiger partial charge in [-0.2, -0.15) is 0 Å². The van der Waals surface area contributed by atoms with E-state index in [4.69, 9.17) is 25.8 Å². The number of morpholine rings is 1. The van der Waals surface area contributed by atoms with Crippen molar-refractivity contribution in [3.8, 4) is 5.75 Å². The number of carbonyl (C=O) groups is 1. The SMILES string of the molecule is O=C(CC1COCCN1)Nc1cc(Cl)ccc1OCC1CCCO1. The second-order valence-electron chi connectivity index (χ2n) is 6.06. The molecule has 1 aromatic rings. The summed E-state index contributed by atoms with van der Waals surface area (Å²) in [6.45, 7) is 3.26. The van der Waals surface area contributed by atoms with Crippen molar-refractivity contribution in [2.24, 2.45) is 0 Å². The Balaban J connectivity index is 1.58. The molecule has 2 aliphatic rings. The van der Waals surface area contributed by atoms with Crippen molar-refractivity contribution in [2.75, 3.05) is 38.3 Å². The van der Waals surface area contributed by atoms with E-state index in [2.05, 4.69) is 10.6 Å². The minimum Gasteiger partial charge on any atom is -0.489 e. The highest BCUT2D eigenvalue weighted by Gasteiger charge is 2.19. The van der Waals surface area contributed by atoms with E-state index in [9.17, 15) is 4.79 Å². The van der Waals surface area contributed by atoms with E-state index in [1.165, 1.54) is 0 Å². The number of hydrogen-bond acceptors (Lipinski definition) is 5. The van der Waals surface area contributed by atoms with E-state index in [0.717, 1.165) is 26.0 Å². The van der Waals surface area contributed by atoms with Crippen LogP contribution >= 0.6 is 11.6 Å². The highest BCUT2D eigenvalue weighted by Crippen LogP contribution is 2.29. The Morgan fingerprint density at radius 3 is 3.08 bits per heavy atom. The van der Waals surface area contributed by atoms with E-state index in [0.29, 0.717) is 42.7 Å². The Labute approximate surface area is 146 Å². The first kappa shape index (κ1) is 17.5. The average molecular weight is 355 g/mol. The molecule has 2 fully saturated rings. The van der Waals surface area contributed by atoms with Gasteiger partial charge in [0.1, 0.15) is 12.4 Å². The predicted octanol–water partition coefficient (Wildman–Crippen LogP) is 2.21. The molecule has 1 aromatic carbocycles. The zero-order valence-corrected chi connectivity index (χ0v) is 14.3. The lowest BCUT2D eigenvalue weighted by atomic mass is 10.2. The molecule has 24 heavy (non-hydrogen) atoms. The number of amides is 1. The summed E-state index contributed by atoms with van der Waals surface area (Å²) in [6.07, 6.45) is 2.53. The molecule has 0 aliphatic carbocycles. The van der Waals surface area contributed by atoms with E-state index in [-0.39, 0.29) is 18.1 Å². The van der Waals surface area contributed by atoms with E-state index >= 15 is 0 Å². The molecule has 2 atom stereocenters. The van der Waals surface area contributed by atoms with Gasteiger partial charge in [0.2, 0.25) is 5.91 Å². The van der Waals surface area contributed by atoms with Crippen molar-refractivity contribution in [3.05, 3.63) is 23.2 Å². The Morgan fingerprint density at radius 1 is 1.42 bits per heavy atom. The number of rotatable bonds is 6. The quantitative estimate of drug-likeness (QED) is 0.819. The summed E-state index contributed by atoms with van der Waals surface area (Å²) < 4.78 is 16.8. The Morgan fingerprint density at radius 2 is 2.33 bits per heavy atom. The first-order chi connectivity index (χ1) is 11.7. The van der Waals surface area contributed by atoms with Crippen LogP contribution in [0.2, 0.25) is 5.02 Å². The summed E-state index contributed by atoms with van der Waals surface area (Å²) in [7, 11) is 0. The van der Waals surface area contributed by atoms with E-state index < -0.39 is 0 Å². The van der Waals surface area contributed by atoms with Gasteiger partial charge in [-0.25, -0.2) is 0 Å². The van der Waals surface area contributed by atoms with Gasteiger partial charge in [-0.15, -0.1) is 0 Å². The molecule has 0 bridgehead atoms. The lowest BCUT2D eigenvalue weighted by molar-refractivity contribution is -0.117. The number of ether oxygens (including phenoxy) is 3. The van der Waals surface area contributed by atoms with Crippen LogP contribution < -0.4 is 15.4 Å². The highest BCUT2D eigenvalue weighted by atomic mass is 35.5. The smallest absolute Gasteiger partial charge is 0.226 e. The van der Waals surface area contributed by atoms with E-state index in [1.54, 1.807) is 18.2 Å². The van der Waals surface area contributed by atoms with Gasteiger partial charge in [0.15, 0.2) is 0 Å². The van der Waals surface area contributed by atoms with Gasteiger partial charge in [0, 0.05) is 30.6 Å². The van der Waals surface area contributed by atoms with Crippen molar-refractivity contribution in [1.82, 2.24) is 5.32 Å². The van der Waals surface area contributed by atoms with Gasteiger partial charge in [0.25, 0.3) is 0 Å². The Hall–Kier alpha value is -1.34. The fraction of sp³-hybridized carbons (Fsp3) is 0.588. The lowest BCUT2D eigenvalue weighted by Crippen LogP contribution is -2.43. The molecule has 2 saturated heterocycles. The minimum atomic E-state index is -0.0952. The standard InChI is InChI=1S/C17H23ClN2O4/c18-12-3-4-16(24-11-14-2-1-6-23-14)15(8-12)20-17(21)9-13-10-22-7-5-19-13/h3-4,8,13-14,19H,1-2,5-7,9-11H2,(H,20,21). The normalized spacial score (nSPS) is 23.9. The van der Waals surface area contributed by atoms with Crippen LogP contribution in [-0.2, 0) is 14.3 Å². The number of carbonyl (C=O) groups excluding carboxylic acids is 1. The second-order valence-corrected chi connectivity index (χ2v) is 6.50. The van der Waals surface area contributed by atoms with Crippen LogP contribution in [0, 0.1) is 0 Å². The molecule has 0 aromatic heterocycles. The zero-order chi connectivity index (χ0) is 16.8. The first-order valence-corrected chi connectivity index (χ1v) is 8.73. The predicted molar refractivity (Wildman–Crippen MR) is 91.8 cm³/mol. The van der Waals surface area contributed by atoms with Crippen LogP contribution in [0.15, 0.2) is 18.2 Å². The number of halogens is 1. The molecule has 3 rings (SSSR count). The van der Waals surface area contributed by atoms with Crippen molar-refractivity contribution in [1.29, 1.82) is 0 Å². The number of nitrogens with one attached hydrogen (secondary N) is 2. The molecule has 0 spiro atoms. The van der Waals surface area contributed by atoms with Gasteiger partial charge in [-0.1, -0.05) is 11.6 Å². The lowest BCUT2D eigenvalue weighted by Gasteiger charge is -2.23. The van der Waals surface area contributed by atoms with E-state index in [1.807, 2.05) is 0 Å². The highest BCUT2D eigenvalue weighted by molar-refractivity contribution is 6.31. The van der Waals surface area contributed by atoms with Crippen LogP contribution in [0.4, 0.5) is 5.69 Å². The molecule has 2 unspecified atom stereocenters. The van der Waals surface area contributed by atoms with Crippen LogP contribution in [0.25, 0.3) is 0 Å². The monoisotopic (exact) mass is 354 g/mol. The Bertz CT molecular complexity index is 558. The summed E-state index contributed by atoms with van der Waals surface area (Å²) in [6, 6.07) is 5.26. The van der Waals surface area contributed by atoms with Crippen LogP contribution in [-0.4, -0.2) is 51.0 Å². The molecule has 1 amide bonds. The molecule has 0 radical (unpaired) electrons. The molecular weight excluding hydrogens is 332 g/mol. The maximum absolute atomic E-state index is 12.3. The van der Waals surface area contributed by atoms with Gasteiger partial charge in [0.05, 0.1) is 25.0 Å². The van der Waals surface area contributed by atoms with Crippen molar-refractivity contribution in [2.45, 2.75) is 31.4 Å². The summed E-state index contributed by atoms with van der Waals surface area (Å²) in [5.74, 6) is 0.512. The fourth-order valence-electron chi connectivity index (χ4n) is 2.86. The van der Waals surface area contributed by atoms with Gasteiger partial charge in [-0.3, -0.25) is 4.79 Å². The Kier molecular flexibility index (Phi) is 6.31. The molecule has 0 saturated carbocycles. The number of hydrogen-bond donors (Lipinski definition) is 2. The molecule has 2 heterocycles. The van der Waals surface area contributed by atoms with Crippen molar-refractivity contribution >= 4 is 23.2 Å². The number of benzene rings is 1. The third kappa shape index (κ3) is 5.08. The third-order valence-corrected chi connectivity index (χ3v) is 4.33. The second kappa shape index (κ2) is 8.67. The third-order valence-electron chi connectivity index (χ3n) is 4.09. The molecule has 2 N–H and O–H groups in total. The van der Waals surface area contributed by atoms with Crippen LogP contribution in [0.1, 0.15) is 19.3 Å². The van der Waals surface area contributed by atoms with Crippen LogP contribution in [0.5, 0.6) is 5.75 Å². The van der Waals surface area contributed by atoms with Crippen LogP contribution in [0.3, 0.4) is 0 Å². The van der Waals surface area contributed by atoms with Crippen molar-refractivity contribution in [3.63, 3.8) is 0 Å². The summed E-state index contributed by atoms with van der Waals surface area (Å²) in [4.78, 5) is 12.3. The summed E-state index contributed by atoms with van der Waals surface area (Å²) in [5, 5.41) is 6.70. The fourth-order valence-corrected chi connectivity index (χ4v) is 3.03. The van der Waals surface area contributed by atoms with Gasteiger partial charge in [-0.05, 0) is 31.0 Å². The minimum absolute atomic E-state index is 0.0363.